The van der Waals surface area contributed by atoms with Gasteiger partial charge in [-0.25, -0.2) is 0 Å². The number of benzene rings is 1. The van der Waals surface area contributed by atoms with Crippen molar-refractivity contribution >= 4 is 29.1 Å². The summed E-state index contributed by atoms with van der Waals surface area (Å²) in [6.45, 7) is 1.78. The molecule has 1 aliphatic rings. The van der Waals surface area contributed by atoms with Crippen LogP contribution in [0.3, 0.4) is 0 Å². The van der Waals surface area contributed by atoms with Crippen LogP contribution in [0, 0.1) is 11.8 Å². The molecule has 0 unspecified atom stereocenters. The zero-order valence-electron chi connectivity index (χ0n) is 15.4. The van der Waals surface area contributed by atoms with Crippen LogP contribution in [-0.2, 0) is 9.59 Å². The van der Waals surface area contributed by atoms with E-state index in [1.165, 1.54) is 18.0 Å². The zero-order chi connectivity index (χ0) is 20.3. The average Bonchev–Trinajstić information content (AvgIpc) is 3.21. The molecular formula is C19H19N5O4. The number of nitrogens with zero attached hydrogens (tertiary/aromatic N) is 2. The standard InChI is InChI=1S/C19H19N5O4/c1-12(25)21-15-11-20-23-16(15)17(26)22-14-5-3-4-13(10-14)6-7-19(28)8-9-24(2)18(19)27/h3-5,10-11,28H,8-9H2,1-2H3,(H,20,23)(H,21,25)(H,22,26)/t19-/m0/s1. The molecule has 1 aromatic heterocycles. The molecule has 1 saturated heterocycles. The van der Waals surface area contributed by atoms with Gasteiger partial charge in [0.25, 0.3) is 11.8 Å². The summed E-state index contributed by atoms with van der Waals surface area (Å²) in [5, 5.41) is 21.9. The van der Waals surface area contributed by atoms with Crippen LogP contribution < -0.4 is 10.6 Å². The Morgan fingerprint density at radius 1 is 1.36 bits per heavy atom. The average molecular weight is 381 g/mol. The predicted octanol–water partition coefficient (Wildman–Crippen LogP) is 0.565. The van der Waals surface area contributed by atoms with Crippen molar-refractivity contribution < 1.29 is 19.5 Å². The molecule has 0 radical (unpaired) electrons. The molecule has 0 bridgehead atoms. The lowest BCUT2D eigenvalue weighted by Crippen LogP contribution is -2.37. The van der Waals surface area contributed by atoms with Crippen molar-refractivity contribution in [3.05, 3.63) is 41.7 Å². The van der Waals surface area contributed by atoms with Crippen molar-refractivity contribution in [2.45, 2.75) is 18.9 Å². The molecule has 144 valence electrons. The number of carbonyl (C=O) groups excluding carboxylic acids is 3. The fourth-order valence-corrected chi connectivity index (χ4v) is 2.76. The monoisotopic (exact) mass is 381 g/mol. The van der Waals surface area contributed by atoms with Crippen molar-refractivity contribution in [3.8, 4) is 11.8 Å². The zero-order valence-corrected chi connectivity index (χ0v) is 15.4. The van der Waals surface area contributed by atoms with E-state index in [1.807, 2.05) is 0 Å². The topological polar surface area (TPSA) is 127 Å². The highest BCUT2D eigenvalue weighted by atomic mass is 16.3. The van der Waals surface area contributed by atoms with Crippen LogP contribution in [0.4, 0.5) is 11.4 Å². The van der Waals surface area contributed by atoms with E-state index < -0.39 is 17.4 Å². The van der Waals surface area contributed by atoms with Crippen LogP contribution in [0.2, 0.25) is 0 Å². The van der Waals surface area contributed by atoms with E-state index in [2.05, 4.69) is 32.7 Å². The van der Waals surface area contributed by atoms with Gasteiger partial charge in [-0.3, -0.25) is 19.5 Å². The number of nitrogens with one attached hydrogen (secondary N) is 3. The molecule has 0 spiro atoms. The summed E-state index contributed by atoms with van der Waals surface area (Å²) in [5.74, 6) is 4.19. The number of hydrogen-bond donors (Lipinski definition) is 4. The first-order chi connectivity index (χ1) is 13.3. The lowest BCUT2D eigenvalue weighted by molar-refractivity contribution is -0.137. The van der Waals surface area contributed by atoms with Gasteiger partial charge >= 0.3 is 0 Å². The largest absolute Gasteiger partial charge is 0.369 e. The maximum absolute atomic E-state index is 12.4. The summed E-state index contributed by atoms with van der Waals surface area (Å²) in [5.41, 5.74) is -0.313. The molecule has 28 heavy (non-hydrogen) atoms. The highest BCUT2D eigenvalue weighted by Crippen LogP contribution is 2.21. The van der Waals surface area contributed by atoms with Gasteiger partial charge in [0.05, 0.1) is 11.9 Å². The molecule has 3 amide bonds. The smallest absolute Gasteiger partial charge is 0.275 e. The number of aliphatic hydroxyl groups is 1. The first-order valence-corrected chi connectivity index (χ1v) is 8.52. The number of carbonyl (C=O) groups is 3. The van der Waals surface area contributed by atoms with Crippen LogP contribution in [-0.4, -0.2) is 57.1 Å². The molecular weight excluding hydrogens is 362 g/mol. The number of likely N-dealkylation sites (tertiary alicyclic amines) is 1. The summed E-state index contributed by atoms with van der Waals surface area (Å²) < 4.78 is 0. The van der Waals surface area contributed by atoms with E-state index in [1.54, 1.807) is 31.3 Å². The number of rotatable bonds is 3. The fraction of sp³-hybridized carbons (Fsp3) is 0.263. The lowest BCUT2D eigenvalue weighted by atomic mass is 10.0. The Morgan fingerprint density at radius 2 is 2.14 bits per heavy atom. The Morgan fingerprint density at radius 3 is 2.82 bits per heavy atom. The number of hydrogen-bond acceptors (Lipinski definition) is 5. The van der Waals surface area contributed by atoms with Crippen molar-refractivity contribution in [1.29, 1.82) is 0 Å². The fourth-order valence-electron chi connectivity index (χ4n) is 2.76. The summed E-state index contributed by atoms with van der Waals surface area (Å²) in [7, 11) is 1.61. The van der Waals surface area contributed by atoms with Gasteiger partial charge in [-0.1, -0.05) is 17.9 Å². The van der Waals surface area contributed by atoms with Crippen LogP contribution in [0.1, 0.15) is 29.4 Å². The molecule has 1 atom stereocenters. The second-order valence-electron chi connectivity index (χ2n) is 6.46. The minimum atomic E-state index is -1.68. The third-order valence-electron chi connectivity index (χ3n) is 4.22. The molecule has 1 fully saturated rings. The van der Waals surface area contributed by atoms with Gasteiger partial charge in [-0.2, -0.15) is 5.10 Å². The van der Waals surface area contributed by atoms with E-state index in [4.69, 9.17) is 0 Å². The first-order valence-electron chi connectivity index (χ1n) is 8.52. The first kappa shape index (κ1) is 19.1. The molecule has 9 nitrogen and oxygen atoms in total. The van der Waals surface area contributed by atoms with Crippen molar-refractivity contribution in [3.63, 3.8) is 0 Å². The number of aromatic amines is 1. The highest BCUT2D eigenvalue weighted by Gasteiger charge is 2.42. The number of H-pyrrole nitrogens is 1. The Hall–Kier alpha value is -3.64. The van der Waals surface area contributed by atoms with Gasteiger partial charge in [0.2, 0.25) is 11.5 Å². The van der Waals surface area contributed by atoms with E-state index in [9.17, 15) is 19.5 Å². The Balaban J connectivity index is 1.75. The summed E-state index contributed by atoms with van der Waals surface area (Å²) in [6, 6.07) is 6.68. The van der Waals surface area contributed by atoms with E-state index in [0.29, 0.717) is 17.8 Å². The van der Waals surface area contributed by atoms with Gasteiger partial charge < -0.3 is 20.6 Å². The van der Waals surface area contributed by atoms with E-state index in [0.717, 1.165) is 0 Å². The molecule has 3 rings (SSSR count). The molecule has 0 aliphatic carbocycles. The third kappa shape index (κ3) is 4.02. The van der Waals surface area contributed by atoms with E-state index >= 15 is 0 Å². The highest BCUT2D eigenvalue weighted by molar-refractivity contribution is 6.08. The minimum Gasteiger partial charge on any atom is -0.369 e. The molecule has 1 aliphatic heterocycles. The number of amides is 3. The Labute approximate surface area is 161 Å². The molecule has 9 heteroatoms. The molecule has 2 aromatic rings. The quantitative estimate of drug-likeness (QED) is 0.578. The van der Waals surface area contributed by atoms with Crippen LogP contribution in [0.25, 0.3) is 0 Å². The summed E-state index contributed by atoms with van der Waals surface area (Å²) in [4.78, 5) is 37.0. The third-order valence-corrected chi connectivity index (χ3v) is 4.22. The van der Waals surface area contributed by atoms with Crippen molar-refractivity contribution in [2.75, 3.05) is 24.2 Å². The molecule has 2 heterocycles. The van der Waals surface area contributed by atoms with Crippen molar-refractivity contribution in [2.24, 2.45) is 0 Å². The summed E-state index contributed by atoms with van der Waals surface area (Å²) >= 11 is 0. The molecule has 4 N–H and O–H groups in total. The second kappa shape index (κ2) is 7.54. The van der Waals surface area contributed by atoms with Crippen LogP contribution in [0.5, 0.6) is 0 Å². The maximum Gasteiger partial charge on any atom is 0.275 e. The summed E-state index contributed by atoms with van der Waals surface area (Å²) in [6.07, 6.45) is 1.59. The molecule has 1 aromatic carbocycles. The van der Waals surface area contributed by atoms with E-state index in [-0.39, 0.29) is 23.7 Å². The number of anilines is 2. The van der Waals surface area contributed by atoms with Crippen LogP contribution in [0.15, 0.2) is 30.5 Å². The van der Waals surface area contributed by atoms with Crippen LogP contribution >= 0.6 is 0 Å². The number of aromatic nitrogens is 2. The number of likely N-dealkylation sites (N-methyl/N-ethyl adjacent to an activating group) is 1. The van der Waals surface area contributed by atoms with Gasteiger partial charge in [-0.15, -0.1) is 0 Å². The Bertz CT molecular complexity index is 1000. The maximum atomic E-state index is 12.4. The van der Waals surface area contributed by atoms with Crippen molar-refractivity contribution in [1.82, 2.24) is 15.1 Å². The second-order valence-corrected chi connectivity index (χ2v) is 6.46. The Kier molecular flexibility index (Phi) is 5.15. The lowest BCUT2D eigenvalue weighted by Gasteiger charge is -2.13. The van der Waals surface area contributed by atoms with Gasteiger partial charge in [0, 0.05) is 38.2 Å². The molecule has 0 saturated carbocycles. The SMILES string of the molecule is CC(=O)Nc1cn[nH]c1C(=O)Nc1cccc(C#C[C@]2(O)CCN(C)C2=O)c1. The normalized spacial score (nSPS) is 18.4. The van der Waals surface area contributed by atoms with Gasteiger partial charge in [-0.05, 0) is 18.2 Å². The van der Waals surface area contributed by atoms with Gasteiger partial charge in [0.1, 0.15) is 5.69 Å². The minimum absolute atomic E-state index is 0.112. The predicted molar refractivity (Wildman–Crippen MR) is 101 cm³/mol. The van der Waals surface area contributed by atoms with Gasteiger partial charge in [0.15, 0.2) is 0 Å².